The Morgan fingerprint density at radius 1 is 1.35 bits per heavy atom. The van der Waals surface area contributed by atoms with Gasteiger partial charge in [0.05, 0.1) is 4.90 Å². The van der Waals surface area contributed by atoms with Crippen molar-refractivity contribution in [3.8, 4) is 5.75 Å². The lowest BCUT2D eigenvalue weighted by atomic mass is 10.3. The first-order valence-electron chi connectivity index (χ1n) is 6.30. The Kier molecular flexibility index (Phi) is 4.29. The Labute approximate surface area is 118 Å². The van der Waals surface area contributed by atoms with Gasteiger partial charge in [0.1, 0.15) is 5.75 Å². The molecule has 0 radical (unpaired) electrons. The summed E-state index contributed by atoms with van der Waals surface area (Å²) in [5.41, 5.74) is 0. The number of nitrogens with zero attached hydrogens (tertiary/aromatic N) is 1. The van der Waals surface area contributed by atoms with E-state index >= 15 is 0 Å². The second-order valence-corrected chi connectivity index (χ2v) is 6.93. The molecule has 7 heteroatoms. The van der Waals surface area contributed by atoms with Crippen LogP contribution in [0.2, 0.25) is 0 Å². The van der Waals surface area contributed by atoms with E-state index in [1.807, 2.05) is 0 Å². The van der Waals surface area contributed by atoms with Crippen molar-refractivity contribution in [1.29, 1.82) is 0 Å². The molecule has 0 heterocycles. The van der Waals surface area contributed by atoms with Gasteiger partial charge in [-0.2, -0.15) is 0 Å². The van der Waals surface area contributed by atoms with Gasteiger partial charge in [0.25, 0.3) is 0 Å². The molecule has 2 rings (SSSR count). The molecule has 0 bridgehead atoms. The van der Waals surface area contributed by atoms with Gasteiger partial charge in [-0.25, -0.2) is 17.5 Å². The molecule has 0 spiro atoms. The molecule has 1 aromatic carbocycles. The third-order valence-electron chi connectivity index (χ3n) is 3.11. The summed E-state index contributed by atoms with van der Waals surface area (Å²) in [6.45, 7) is 0.0906. The molecule has 6 nitrogen and oxygen atoms in total. The van der Waals surface area contributed by atoms with Gasteiger partial charge in [-0.1, -0.05) is 0 Å². The van der Waals surface area contributed by atoms with Crippen LogP contribution in [0.3, 0.4) is 0 Å². The molecule has 0 saturated heterocycles. The number of hydrogen-bond acceptors (Lipinski definition) is 4. The van der Waals surface area contributed by atoms with Crippen LogP contribution in [0.5, 0.6) is 5.75 Å². The number of ether oxygens (including phenoxy) is 1. The molecule has 1 aliphatic carbocycles. The van der Waals surface area contributed by atoms with Crippen LogP contribution >= 0.6 is 0 Å². The molecule has 1 aromatic rings. The number of carboxylic acids is 1. The number of benzene rings is 1. The third-order valence-corrected chi connectivity index (χ3v) is 4.94. The minimum atomic E-state index is -3.48. The maximum absolute atomic E-state index is 12.3. The van der Waals surface area contributed by atoms with E-state index in [0.717, 1.165) is 12.8 Å². The topological polar surface area (TPSA) is 83.9 Å². The number of hydrogen-bond donors (Lipinski definition) is 1. The average molecular weight is 299 g/mol. The monoisotopic (exact) mass is 299 g/mol. The third kappa shape index (κ3) is 3.71. The molecule has 0 aliphatic heterocycles. The van der Waals surface area contributed by atoms with Crippen LogP contribution in [-0.4, -0.2) is 44.0 Å². The molecule has 20 heavy (non-hydrogen) atoms. The van der Waals surface area contributed by atoms with Crippen molar-refractivity contribution in [3.05, 3.63) is 24.3 Å². The van der Waals surface area contributed by atoms with Gasteiger partial charge in [0, 0.05) is 13.6 Å². The van der Waals surface area contributed by atoms with E-state index in [9.17, 15) is 13.2 Å². The second kappa shape index (κ2) is 5.80. The fraction of sp³-hybridized carbons (Fsp3) is 0.462. The Bertz CT molecular complexity index is 577. The Morgan fingerprint density at radius 3 is 2.45 bits per heavy atom. The minimum absolute atomic E-state index is 0.184. The second-order valence-electron chi connectivity index (χ2n) is 4.88. The lowest BCUT2D eigenvalue weighted by molar-refractivity contribution is -0.139. The maximum Gasteiger partial charge on any atom is 0.341 e. The zero-order valence-corrected chi connectivity index (χ0v) is 12.0. The highest BCUT2D eigenvalue weighted by Gasteiger charge is 2.29. The highest BCUT2D eigenvalue weighted by molar-refractivity contribution is 7.89. The van der Waals surface area contributed by atoms with Crippen LogP contribution in [0, 0.1) is 5.92 Å². The quantitative estimate of drug-likeness (QED) is 0.817. The van der Waals surface area contributed by atoms with Crippen molar-refractivity contribution in [2.45, 2.75) is 17.7 Å². The molecule has 1 fully saturated rings. The lowest BCUT2D eigenvalue weighted by Gasteiger charge is -2.17. The van der Waals surface area contributed by atoms with Crippen LogP contribution in [0.25, 0.3) is 0 Å². The van der Waals surface area contributed by atoms with E-state index in [1.165, 1.54) is 28.6 Å². The fourth-order valence-electron chi connectivity index (χ4n) is 1.80. The molecule has 1 saturated carbocycles. The van der Waals surface area contributed by atoms with Crippen LogP contribution in [0.15, 0.2) is 29.2 Å². The normalized spacial score (nSPS) is 15.3. The summed E-state index contributed by atoms with van der Waals surface area (Å²) >= 11 is 0. The van der Waals surface area contributed by atoms with Crippen molar-refractivity contribution in [1.82, 2.24) is 4.31 Å². The van der Waals surface area contributed by atoms with Gasteiger partial charge in [0.2, 0.25) is 10.0 Å². The van der Waals surface area contributed by atoms with Gasteiger partial charge in [0.15, 0.2) is 6.61 Å². The van der Waals surface area contributed by atoms with Crippen LogP contribution in [0.4, 0.5) is 0 Å². The summed E-state index contributed by atoms with van der Waals surface area (Å²) in [6.07, 6.45) is 2.17. The summed E-state index contributed by atoms with van der Waals surface area (Å²) in [6, 6.07) is 5.77. The zero-order chi connectivity index (χ0) is 14.8. The van der Waals surface area contributed by atoms with E-state index in [-0.39, 0.29) is 4.90 Å². The maximum atomic E-state index is 12.3. The molecule has 1 aliphatic rings. The van der Waals surface area contributed by atoms with E-state index in [2.05, 4.69) is 0 Å². The molecule has 0 unspecified atom stereocenters. The summed E-state index contributed by atoms with van der Waals surface area (Å²) in [5, 5.41) is 8.49. The number of carbonyl (C=O) groups is 1. The summed E-state index contributed by atoms with van der Waals surface area (Å²) in [4.78, 5) is 10.6. The summed E-state index contributed by atoms with van der Waals surface area (Å²) in [5.74, 6) is -0.269. The van der Waals surface area contributed by atoms with Crippen molar-refractivity contribution in [3.63, 3.8) is 0 Å². The van der Waals surface area contributed by atoms with Gasteiger partial charge in [-0.15, -0.1) is 0 Å². The van der Waals surface area contributed by atoms with E-state index < -0.39 is 22.6 Å². The fourth-order valence-corrected chi connectivity index (χ4v) is 3.04. The zero-order valence-electron chi connectivity index (χ0n) is 11.2. The van der Waals surface area contributed by atoms with E-state index in [4.69, 9.17) is 9.84 Å². The highest BCUT2D eigenvalue weighted by atomic mass is 32.2. The number of sulfonamides is 1. The van der Waals surface area contributed by atoms with Crippen molar-refractivity contribution in [2.24, 2.45) is 5.92 Å². The van der Waals surface area contributed by atoms with Crippen LogP contribution in [0.1, 0.15) is 12.8 Å². The standard InChI is InChI=1S/C13H17NO5S/c1-14(8-10-2-3-10)20(17,18)12-6-4-11(5-7-12)19-9-13(15)16/h4-7,10H,2-3,8-9H2,1H3,(H,15,16). The minimum Gasteiger partial charge on any atom is -0.482 e. The predicted octanol–water partition coefficient (Wildman–Crippen LogP) is 1.18. The van der Waals surface area contributed by atoms with Crippen molar-refractivity contribution in [2.75, 3.05) is 20.2 Å². The summed E-state index contributed by atoms with van der Waals surface area (Å²) < 4.78 is 30.8. The molecule has 0 atom stereocenters. The van der Waals surface area contributed by atoms with Gasteiger partial charge in [-0.3, -0.25) is 0 Å². The lowest BCUT2D eigenvalue weighted by Crippen LogP contribution is -2.28. The Morgan fingerprint density at radius 2 is 1.95 bits per heavy atom. The molecule has 0 amide bonds. The average Bonchev–Trinajstić information content (AvgIpc) is 3.20. The van der Waals surface area contributed by atoms with Crippen molar-refractivity contribution >= 4 is 16.0 Å². The largest absolute Gasteiger partial charge is 0.482 e. The van der Waals surface area contributed by atoms with Gasteiger partial charge in [-0.05, 0) is 43.0 Å². The van der Waals surface area contributed by atoms with E-state index in [1.54, 1.807) is 7.05 Å². The summed E-state index contributed by atoms with van der Waals surface area (Å²) in [7, 11) is -1.91. The first-order valence-corrected chi connectivity index (χ1v) is 7.74. The number of rotatable bonds is 7. The SMILES string of the molecule is CN(CC1CC1)S(=O)(=O)c1ccc(OCC(=O)O)cc1. The Hall–Kier alpha value is -1.60. The molecule has 1 N–H and O–H groups in total. The number of aliphatic carboxylic acids is 1. The van der Waals surface area contributed by atoms with Gasteiger partial charge < -0.3 is 9.84 Å². The number of carboxylic acid groups (broad SMARTS) is 1. The first-order chi connectivity index (χ1) is 9.39. The van der Waals surface area contributed by atoms with Crippen LogP contribution < -0.4 is 4.74 Å². The van der Waals surface area contributed by atoms with Crippen LogP contribution in [-0.2, 0) is 14.8 Å². The molecule has 0 aromatic heterocycles. The molecular formula is C13H17NO5S. The first kappa shape index (κ1) is 14.8. The smallest absolute Gasteiger partial charge is 0.341 e. The highest BCUT2D eigenvalue weighted by Crippen LogP contribution is 2.31. The van der Waals surface area contributed by atoms with Crippen molar-refractivity contribution < 1.29 is 23.1 Å². The van der Waals surface area contributed by atoms with E-state index in [0.29, 0.717) is 18.2 Å². The Balaban J connectivity index is 2.05. The molecular weight excluding hydrogens is 282 g/mol. The predicted molar refractivity (Wildman–Crippen MR) is 72.1 cm³/mol. The van der Waals surface area contributed by atoms with Gasteiger partial charge >= 0.3 is 5.97 Å². The molecule has 110 valence electrons.